The number of nitrogens with zero attached hydrogens (tertiary/aromatic N) is 1. The Morgan fingerprint density at radius 2 is 2.07 bits per heavy atom. The molecule has 0 atom stereocenters. The van der Waals surface area contributed by atoms with Crippen LogP contribution in [0.5, 0.6) is 5.88 Å². The van der Waals surface area contributed by atoms with Crippen LogP contribution in [0.15, 0.2) is 35.7 Å². The molecule has 0 aliphatic carbocycles. The smallest absolute Gasteiger partial charge is 0.449 e. The van der Waals surface area contributed by atoms with Crippen LogP contribution in [-0.2, 0) is 0 Å². The van der Waals surface area contributed by atoms with Gasteiger partial charge in [0, 0.05) is 5.38 Å². The summed E-state index contributed by atoms with van der Waals surface area (Å²) in [7, 11) is 0. The van der Waals surface area contributed by atoms with Gasteiger partial charge in [-0.25, -0.2) is 4.79 Å². The van der Waals surface area contributed by atoms with Crippen LogP contribution in [-0.4, -0.2) is 15.6 Å². The predicted molar refractivity (Wildman–Crippen MR) is 56.2 cm³/mol. The van der Waals surface area contributed by atoms with Crippen molar-refractivity contribution in [3.63, 3.8) is 0 Å². The molecule has 0 amide bonds. The Kier molecular flexibility index (Phi) is 2.64. The molecule has 0 saturated heterocycles. The maximum atomic E-state index is 10.4. The molecule has 0 radical (unpaired) electrons. The van der Waals surface area contributed by atoms with Crippen molar-refractivity contribution in [2.24, 2.45) is 0 Å². The predicted octanol–water partition coefficient (Wildman–Crippen LogP) is 2.87. The molecule has 2 rings (SSSR count). The quantitative estimate of drug-likeness (QED) is 0.792. The molecule has 5 heteroatoms. The Bertz CT molecular complexity index is 467. The Balaban J connectivity index is 2.37. The van der Waals surface area contributed by atoms with E-state index in [2.05, 4.69) is 9.11 Å². The molecule has 1 heterocycles. The monoisotopic (exact) mass is 221 g/mol. The number of carboxylic acid groups (broad SMARTS) is 1. The van der Waals surface area contributed by atoms with E-state index in [0.717, 1.165) is 17.1 Å². The van der Waals surface area contributed by atoms with Crippen molar-refractivity contribution in [3.05, 3.63) is 35.7 Å². The zero-order valence-electron chi connectivity index (χ0n) is 7.58. The molecule has 4 nitrogen and oxygen atoms in total. The fourth-order valence-electron chi connectivity index (χ4n) is 1.19. The lowest BCUT2D eigenvalue weighted by Crippen LogP contribution is -2.03. The zero-order valence-corrected chi connectivity index (χ0v) is 8.40. The largest absolute Gasteiger partial charge is 0.512 e. The number of carbonyl (C=O) groups is 1. The van der Waals surface area contributed by atoms with Crippen molar-refractivity contribution in [1.82, 2.24) is 4.37 Å². The van der Waals surface area contributed by atoms with Crippen molar-refractivity contribution in [3.8, 4) is 17.0 Å². The van der Waals surface area contributed by atoms with E-state index in [-0.39, 0.29) is 5.88 Å². The van der Waals surface area contributed by atoms with Crippen LogP contribution < -0.4 is 4.74 Å². The van der Waals surface area contributed by atoms with Gasteiger partial charge in [0.05, 0.1) is 5.56 Å². The van der Waals surface area contributed by atoms with E-state index in [1.54, 1.807) is 5.38 Å². The summed E-state index contributed by atoms with van der Waals surface area (Å²) >= 11 is 1.16. The van der Waals surface area contributed by atoms with Gasteiger partial charge in [-0.05, 0) is 17.1 Å². The lowest BCUT2D eigenvalue weighted by molar-refractivity contribution is 0.143. The van der Waals surface area contributed by atoms with Crippen LogP contribution in [0.1, 0.15) is 0 Å². The molecule has 0 fully saturated rings. The third-order valence-corrected chi connectivity index (χ3v) is 2.42. The van der Waals surface area contributed by atoms with E-state index in [4.69, 9.17) is 5.11 Å². The summed E-state index contributed by atoms with van der Waals surface area (Å²) in [5.74, 6) is 0.138. The molecule has 0 saturated carbocycles. The summed E-state index contributed by atoms with van der Waals surface area (Å²) in [5, 5.41) is 10.3. The van der Waals surface area contributed by atoms with E-state index in [1.165, 1.54) is 0 Å². The topological polar surface area (TPSA) is 59.4 Å². The molecule has 15 heavy (non-hydrogen) atoms. The first-order valence-corrected chi connectivity index (χ1v) is 5.01. The minimum Gasteiger partial charge on any atom is -0.449 e. The lowest BCUT2D eigenvalue weighted by atomic mass is 10.1. The van der Waals surface area contributed by atoms with E-state index in [1.807, 2.05) is 30.3 Å². The van der Waals surface area contributed by atoms with E-state index in [9.17, 15) is 4.79 Å². The van der Waals surface area contributed by atoms with Crippen LogP contribution in [0.4, 0.5) is 4.79 Å². The van der Waals surface area contributed by atoms with Gasteiger partial charge in [0.15, 0.2) is 0 Å². The van der Waals surface area contributed by atoms with Crippen molar-refractivity contribution < 1.29 is 14.6 Å². The van der Waals surface area contributed by atoms with Crippen molar-refractivity contribution in [1.29, 1.82) is 0 Å². The average Bonchev–Trinajstić information content (AvgIpc) is 2.66. The second-order valence-electron chi connectivity index (χ2n) is 2.77. The van der Waals surface area contributed by atoms with Crippen molar-refractivity contribution in [2.75, 3.05) is 0 Å². The van der Waals surface area contributed by atoms with Gasteiger partial charge in [0.1, 0.15) is 0 Å². The molecule has 1 N–H and O–H groups in total. The molecular weight excluding hydrogens is 214 g/mol. The number of hydrogen-bond acceptors (Lipinski definition) is 4. The first kappa shape index (κ1) is 9.67. The van der Waals surface area contributed by atoms with Gasteiger partial charge in [-0.3, -0.25) is 0 Å². The third-order valence-electron chi connectivity index (χ3n) is 1.81. The SMILES string of the molecule is O=C(O)Oc1nscc1-c1ccccc1. The Hall–Kier alpha value is -1.88. The zero-order chi connectivity index (χ0) is 10.7. The summed E-state index contributed by atoms with van der Waals surface area (Å²) in [6.45, 7) is 0. The maximum absolute atomic E-state index is 10.4. The van der Waals surface area contributed by atoms with Crippen LogP contribution >= 0.6 is 11.5 Å². The second kappa shape index (κ2) is 4.10. The van der Waals surface area contributed by atoms with Gasteiger partial charge in [-0.1, -0.05) is 30.3 Å². The minimum atomic E-state index is -1.35. The van der Waals surface area contributed by atoms with Gasteiger partial charge in [0.25, 0.3) is 0 Å². The Labute approximate surface area is 89.9 Å². The first-order chi connectivity index (χ1) is 7.27. The summed E-state index contributed by atoms with van der Waals surface area (Å²) in [6, 6.07) is 9.38. The van der Waals surface area contributed by atoms with E-state index < -0.39 is 6.16 Å². The number of rotatable bonds is 2. The highest BCUT2D eigenvalue weighted by molar-refractivity contribution is 7.04. The van der Waals surface area contributed by atoms with Gasteiger partial charge < -0.3 is 9.84 Å². The van der Waals surface area contributed by atoms with Crippen molar-refractivity contribution in [2.45, 2.75) is 0 Å². The summed E-state index contributed by atoms with van der Waals surface area (Å²) in [5.41, 5.74) is 1.59. The van der Waals surface area contributed by atoms with Gasteiger partial charge >= 0.3 is 6.16 Å². The van der Waals surface area contributed by atoms with Crippen LogP contribution in [0.3, 0.4) is 0 Å². The fourth-order valence-corrected chi connectivity index (χ4v) is 1.82. The molecule has 0 bridgehead atoms. The van der Waals surface area contributed by atoms with Crippen LogP contribution in [0.2, 0.25) is 0 Å². The number of aromatic nitrogens is 1. The van der Waals surface area contributed by atoms with E-state index >= 15 is 0 Å². The molecule has 0 aliphatic heterocycles. The summed E-state index contributed by atoms with van der Waals surface area (Å²) in [6.07, 6.45) is -1.35. The number of benzene rings is 1. The molecule has 0 spiro atoms. The van der Waals surface area contributed by atoms with E-state index in [0.29, 0.717) is 5.56 Å². The average molecular weight is 221 g/mol. The minimum absolute atomic E-state index is 0.138. The van der Waals surface area contributed by atoms with Crippen LogP contribution in [0, 0.1) is 0 Å². The van der Waals surface area contributed by atoms with Crippen molar-refractivity contribution >= 4 is 17.7 Å². The number of hydrogen-bond donors (Lipinski definition) is 1. The highest BCUT2D eigenvalue weighted by Gasteiger charge is 2.12. The Morgan fingerprint density at radius 1 is 1.33 bits per heavy atom. The third kappa shape index (κ3) is 2.13. The number of ether oxygens (including phenoxy) is 1. The van der Waals surface area contributed by atoms with Gasteiger partial charge in [0.2, 0.25) is 5.88 Å². The van der Waals surface area contributed by atoms with Gasteiger partial charge in [-0.15, -0.1) is 0 Å². The Morgan fingerprint density at radius 3 is 2.73 bits per heavy atom. The molecule has 1 aromatic carbocycles. The maximum Gasteiger partial charge on any atom is 0.512 e. The molecular formula is C10H7NO3S. The summed E-state index contributed by atoms with van der Waals surface area (Å²) < 4.78 is 8.43. The highest BCUT2D eigenvalue weighted by Crippen LogP contribution is 2.30. The van der Waals surface area contributed by atoms with Crippen LogP contribution in [0.25, 0.3) is 11.1 Å². The molecule has 2 aromatic rings. The first-order valence-electron chi connectivity index (χ1n) is 4.18. The molecule has 76 valence electrons. The second-order valence-corrected chi connectivity index (χ2v) is 3.40. The lowest BCUT2D eigenvalue weighted by Gasteiger charge is -2.00. The summed E-state index contributed by atoms with van der Waals surface area (Å²) in [4.78, 5) is 10.4. The standard InChI is InChI=1S/C10H7NO3S/c12-10(13)14-9-8(6-15-11-9)7-4-2-1-3-5-7/h1-6H,(H,12,13). The van der Waals surface area contributed by atoms with Gasteiger partial charge in [-0.2, -0.15) is 4.37 Å². The normalized spacial score (nSPS) is 9.87. The fraction of sp³-hybridized carbons (Fsp3) is 0. The molecule has 0 unspecified atom stereocenters. The molecule has 0 aliphatic rings. The highest BCUT2D eigenvalue weighted by atomic mass is 32.1. The molecule has 1 aromatic heterocycles.